The number of hydrogen-bond acceptors (Lipinski definition) is 4. The smallest absolute Gasteiger partial charge is 0.254 e. The molecule has 0 saturated carbocycles. The summed E-state index contributed by atoms with van der Waals surface area (Å²) in [7, 11) is 0. The minimum absolute atomic E-state index is 0.0946. The molecule has 1 aromatic carbocycles. The van der Waals surface area contributed by atoms with E-state index in [9.17, 15) is 4.79 Å². The quantitative estimate of drug-likeness (QED) is 0.801. The second kappa shape index (κ2) is 6.39. The van der Waals surface area contributed by atoms with E-state index in [2.05, 4.69) is 20.4 Å². The molecular weight excluding hydrogens is 302 g/mol. The summed E-state index contributed by atoms with van der Waals surface area (Å²) in [6.45, 7) is 0.830. The van der Waals surface area contributed by atoms with Crippen LogP contribution < -0.4 is 0 Å². The van der Waals surface area contributed by atoms with Crippen molar-refractivity contribution in [3.63, 3.8) is 0 Å². The van der Waals surface area contributed by atoms with Crippen LogP contribution in [-0.4, -0.2) is 43.8 Å². The average Bonchev–Trinajstić information content (AvgIpc) is 3.28. The van der Waals surface area contributed by atoms with E-state index in [1.807, 2.05) is 47.6 Å². The molecule has 1 aliphatic heterocycles. The highest BCUT2D eigenvalue weighted by molar-refractivity contribution is 5.97. The van der Waals surface area contributed by atoms with Crippen molar-refractivity contribution in [2.45, 2.75) is 31.7 Å². The van der Waals surface area contributed by atoms with Crippen molar-refractivity contribution in [1.29, 1.82) is 0 Å². The summed E-state index contributed by atoms with van der Waals surface area (Å²) >= 11 is 0. The SMILES string of the molecule is O=C(c1ccc2n[nH]nc2c1)N1CCCC1CCc1ccncc1. The predicted octanol–water partition coefficient (Wildman–Crippen LogP) is 2.59. The average molecular weight is 321 g/mol. The third kappa shape index (κ3) is 2.87. The normalized spacial score (nSPS) is 17.5. The number of H-pyrrole nitrogens is 1. The standard InChI is InChI=1S/C18H19N5O/c24-18(14-4-6-16-17(12-14)21-22-20-16)23-11-1-2-15(23)5-3-13-7-9-19-10-8-13/h4,6-10,12,15H,1-3,5,11H2,(H,20,21,22). The number of aromatic amines is 1. The van der Waals surface area contributed by atoms with Gasteiger partial charge in [0.2, 0.25) is 0 Å². The van der Waals surface area contributed by atoms with Gasteiger partial charge in [-0.25, -0.2) is 0 Å². The molecule has 122 valence electrons. The number of nitrogens with zero attached hydrogens (tertiary/aromatic N) is 4. The molecule has 24 heavy (non-hydrogen) atoms. The fourth-order valence-corrected chi connectivity index (χ4v) is 3.43. The Morgan fingerprint density at radius 3 is 2.88 bits per heavy atom. The van der Waals surface area contributed by atoms with Crippen molar-refractivity contribution in [3.8, 4) is 0 Å². The second-order valence-corrected chi connectivity index (χ2v) is 6.22. The molecule has 0 aliphatic carbocycles. The van der Waals surface area contributed by atoms with Crippen LogP contribution in [-0.2, 0) is 6.42 Å². The molecule has 1 unspecified atom stereocenters. The first-order valence-corrected chi connectivity index (χ1v) is 8.32. The van der Waals surface area contributed by atoms with Crippen LogP contribution in [0.15, 0.2) is 42.7 Å². The van der Waals surface area contributed by atoms with Crippen molar-refractivity contribution < 1.29 is 4.79 Å². The molecule has 3 aromatic rings. The van der Waals surface area contributed by atoms with E-state index in [1.54, 1.807) is 0 Å². The number of likely N-dealkylation sites (tertiary alicyclic amines) is 1. The minimum atomic E-state index is 0.0946. The summed E-state index contributed by atoms with van der Waals surface area (Å²) in [5.74, 6) is 0.0946. The number of carbonyl (C=O) groups excluding carboxylic acids is 1. The predicted molar refractivity (Wildman–Crippen MR) is 90.5 cm³/mol. The first-order valence-electron chi connectivity index (χ1n) is 8.32. The van der Waals surface area contributed by atoms with Gasteiger partial charge in [-0.15, -0.1) is 0 Å². The third-order valence-corrected chi connectivity index (χ3v) is 4.72. The molecule has 1 N–H and O–H groups in total. The number of rotatable bonds is 4. The Hall–Kier alpha value is -2.76. The highest BCUT2D eigenvalue weighted by atomic mass is 16.2. The molecule has 4 rings (SSSR count). The van der Waals surface area contributed by atoms with Gasteiger partial charge >= 0.3 is 0 Å². The Morgan fingerprint density at radius 2 is 2.00 bits per heavy atom. The van der Waals surface area contributed by atoms with Gasteiger partial charge in [0.1, 0.15) is 11.0 Å². The lowest BCUT2D eigenvalue weighted by Crippen LogP contribution is -2.35. The molecular formula is C18H19N5O. The van der Waals surface area contributed by atoms with Gasteiger partial charge in [0.15, 0.2) is 0 Å². The summed E-state index contributed by atoms with van der Waals surface area (Å²) in [5, 5.41) is 10.7. The molecule has 0 spiro atoms. The molecule has 1 fully saturated rings. The highest BCUT2D eigenvalue weighted by Gasteiger charge is 2.29. The zero-order valence-corrected chi connectivity index (χ0v) is 13.4. The highest BCUT2D eigenvalue weighted by Crippen LogP contribution is 2.24. The summed E-state index contributed by atoms with van der Waals surface area (Å²) < 4.78 is 0. The molecule has 1 atom stereocenters. The second-order valence-electron chi connectivity index (χ2n) is 6.22. The minimum Gasteiger partial charge on any atom is -0.336 e. The number of nitrogens with one attached hydrogen (secondary N) is 1. The molecule has 2 aromatic heterocycles. The number of carbonyl (C=O) groups is 1. The van der Waals surface area contributed by atoms with Gasteiger partial charge < -0.3 is 4.90 Å². The van der Waals surface area contributed by atoms with E-state index in [1.165, 1.54) is 5.56 Å². The van der Waals surface area contributed by atoms with E-state index in [0.29, 0.717) is 11.6 Å². The van der Waals surface area contributed by atoms with Crippen molar-refractivity contribution in [2.75, 3.05) is 6.54 Å². The molecule has 0 radical (unpaired) electrons. The molecule has 1 aliphatic rings. The van der Waals surface area contributed by atoms with Crippen LogP contribution >= 0.6 is 0 Å². The van der Waals surface area contributed by atoms with Crippen LogP contribution in [0.5, 0.6) is 0 Å². The third-order valence-electron chi connectivity index (χ3n) is 4.72. The summed E-state index contributed by atoms with van der Waals surface area (Å²) in [6, 6.07) is 9.89. The van der Waals surface area contributed by atoms with Gasteiger partial charge in [-0.3, -0.25) is 9.78 Å². The Bertz CT molecular complexity index is 845. The largest absolute Gasteiger partial charge is 0.336 e. The Kier molecular flexibility index (Phi) is 3.94. The summed E-state index contributed by atoms with van der Waals surface area (Å²) in [6.07, 6.45) is 7.74. The van der Waals surface area contributed by atoms with E-state index < -0.39 is 0 Å². The molecule has 6 heteroatoms. The maximum absolute atomic E-state index is 12.9. The monoisotopic (exact) mass is 321 g/mol. The van der Waals surface area contributed by atoms with Crippen molar-refractivity contribution in [1.82, 2.24) is 25.3 Å². The van der Waals surface area contributed by atoms with Gasteiger partial charge in [0.25, 0.3) is 5.91 Å². The zero-order valence-electron chi connectivity index (χ0n) is 13.4. The molecule has 0 bridgehead atoms. The van der Waals surface area contributed by atoms with Crippen LogP contribution in [0.4, 0.5) is 0 Å². The van der Waals surface area contributed by atoms with E-state index >= 15 is 0 Å². The topological polar surface area (TPSA) is 74.8 Å². The van der Waals surface area contributed by atoms with Crippen LogP contribution in [0.1, 0.15) is 35.2 Å². The Labute approximate surface area is 139 Å². The van der Waals surface area contributed by atoms with E-state index in [4.69, 9.17) is 0 Å². The lowest BCUT2D eigenvalue weighted by atomic mass is 10.0. The van der Waals surface area contributed by atoms with E-state index in [0.717, 1.165) is 43.3 Å². The number of benzene rings is 1. The van der Waals surface area contributed by atoms with Crippen molar-refractivity contribution in [3.05, 3.63) is 53.9 Å². The number of hydrogen-bond donors (Lipinski definition) is 1. The van der Waals surface area contributed by atoms with Gasteiger partial charge in [-0.05, 0) is 61.6 Å². The number of aromatic nitrogens is 4. The zero-order chi connectivity index (χ0) is 16.4. The number of pyridine rings is 1. The van der Waals surface area contributed by atoms with E-state index in [-0.39, 0.29) is 5.91 Å². The summed E-state index contributed by atoms with van der Waals surface area (Å²) in [5.41, 5.74) is 3.47. The van der Waals surface area contributed by atoms with Crippen LogP contribution in [0.3, 0.4) is 0 Å². The van der Waals surface area contributed by atoms with Gasteiger partial charge in [0, 0.05) is 30.5 Å². The van der Waals surface area contributed by atoms with Crippen molar-refractivity contribution >= 4 is 16.9 Å². The molecule has 1 amide bonds. The Morgan fingerprint density at radius 1 is 1.17 bits per heavy atom. The summed E-state index contributed by atoms with van der Waals surface area (Å²) in [4.78, 5) is 19.0. The number of fused-ring (bicyclic) bond motifs is 1. The first kappa shape index (κ1) is 14.8. The Balaban J connectivity index is 1.48. The molecule has 1 saturated heterocycles. The number of aryl methyl sites for hydroxylation is 1. The van der Waals surface area contributed by atoms with Gasteiger partial charge in [0.05, 0.1) is 0 Å². The fourth-order valence-electron chi connectivity index (χ4n) is 3.43. The lowest BCUT2D eigenvalue weighted by Gasteiger charge is -2.25. The van der Waals surface area contributed by atoms with Crippen molar-refractivity contribution in [2.24, 2.45) is 0 Å². The van der Waals surface area contributed by atoms with Crippen LogP contribution in [0, 0.1) is 0 Å². The lowest BCUT2D eigenvalue weighted by molar-refractivity contribution is 0.0731. The first-order chi connectivity index (χ1) is 11.8. The van der Waals surface area contributed by atoms with Gasteiger partial charge in [-0.1, -0.05) is 0 Å². The maximum Gasteiger partial charge on any atom is 0.254 e. The fraction of sp³-hybridized carbons (Fsp3) is 0.333. The van der Waals surface area contributed by atoms with Gasteiger partial charge in [-0.2, -0.15) is 15.4 Å². The maximum atomic E-state index is 12.9. The molecule has 6 nitrogen and oxygen atoms in total. The van der Waals surface area contributed by atoms with Crippen LogP contribution in [0.2, 0.25) is 0 Å². The molecule has 3 heterocycles. The van der Waals surface area contributed by atoms with Crippen LogP contribution in [0.25, 0.3) is 11.0 Å². The number of amides is 1.